The molecule has 1 amide bonds. The molecule has 0 saturated heterocycles. The van der Waals surface area contributed by atoms with Crippen molar-refractivity contribution in [1.82, 2.24) is 19.7 Å². The minimum atomic E-state index is -0.404. The Morgan fingerprint density at radius 3 is 3.05 bits per heavy atom. The van der Waals surface area contributed by atoms with E-state index in [4.69, 9.17) is 5.73 Å². The normalized spacial score (nSPS) is 25.4. The Kier molecular flexibility index (Phi) is 2.66. The molecule has 0 aliphatic carbocycles. The summed E-state index contributed by atoms with van der Waals surface area (Å²) in [5.74, 6) is -0.132. The number of carbonyl (C=O) groups is 1. The summed E-state index contributed by atoms with van der Waals surface area (Å²) in [4.78, 5) is 20.0. The molecular formula is C12H14N6O. The molecule has 0 fully saturated rings. The molecule has 7 heteroatoms. The van der Waals surface area contributed by atoms with Crippen molar-refractivity contribution in [3.05, 3.63) is 36.4 Å². The van der Waals surface area contributed by atoms with Crippen molar-refractivity contribution in [3.63, 3.8) is 0 Å². The van der Waals surface area contributed by atoms with E-state index in [9.17, 15) is 4.79 Å². The molecule has 2 aromatic rings. The predicted octanol–water partition coefficient (Wildman–Crippen LogP) is 0.178. The van der Waals surface area contributed by atoms with E-state index >= 15 is 0 Å². The van der Waals surface area contributed by atoms with Gasteiger partial charge in [-0.1, -0.05) is 6.07 Å². The van der Waals surface area contributed by atoms with Crippen molar-refractivity contribution in [2.24, 2.45) is 11.7 Å². The van der Waals surface area contributed by atoms with Gasteiger partial charge in [0.05, 0.1) is 12.0 Å². The fraction of sp³-hybridized carbons (Fsp3) is 0.333. The molecule has 98 valence electrons. The topological polar surface area (TPSA) is 98.7 Å². The lowest BCUT2D eigenvalue weighted by atomic mass is 9.86. The smallest absolute Gasteiger partial charge is 0.225 e. The molecular weight excluding hydrogens is 244 g/mol. The van der Waals surface area contributed by atoms with Crippen molar-refractivity contribution >= 4 is 11.9 Å². The van der Waals surface area contributed by atoms with Crippen LogP contribution in [0.3, 0.4) is 0 Å². The van der Waals surface area contributed by atoms with Crippen molar-refractivity contribution < 1.29 is 4.79 Å². The van der Waals surface area contributed by atoms with E-state index in [1.165, 1.54) is 6.33 Å². The molecule has 3 rings (SSSR count). The molecule has 0 saturated carbocycles. The lowest BCUT2D eigenvalue weighted by molar-refractivity contribution is -0.123. The zero-order valence-electron chi connectivity index (χ0n) is 10.4. The molecule has 7 nitrogen and oxygen atoms in total. The minimum Gasteiger partial charge on any atom is -0.369 e. The van der Waals surface area contributed by atoms with Gasteiger partial charge in [0.15, 0.2) is 0 Å². The van der Waals surface area contributed by atoms with Gasteiger partial charge in [-0.3, -0.25) is 9.78 Å². The number of aromatic nitrogens is 4. The van der Waals surface area contributed by atoms with Gasteiger partial charge in [-0.2, -0.15) is 10.1 Å². The first-order valence-electron chi connectivity index (χ1n) is 6.04. The SMILES string of the molecule is C[C@H]1Nc2ncnn2[C@@H](c2cccnc2)[C@@H]1C(N)=O. The molecule has 0 unspecified atom stereocenters. The summed E-state index contributed by atoms with van der Waals surface area (Å²) in [7, 11) is 0. The molecule has 3 atom stereocenters. The molecule has 19 heavy (non-hydrogen) atoms. The number of carbonyl (C=O) groups excluding carboxylic acids is 1. The monoisotopic (exact) mass is 258 g/mol. The van der Waals surface area contributed by atoms with Crippen LogP contribution in [0, 0.1) is 5.92 Å². The van der Waals surface area contributed by atoms with Crippen molar-refractivity contribution in [1.29, 1.82) is 0 Å². The highest BCUT2D eigenvalue weighted by Crippen LogP contribution is 2.34. The molecule has 0 bridgehead atoms. The summed E-state index contributed by atoms with van der Waals surface area (Å²) in [6, 6.07) is 3.35. The summed E-state index contributed by atoms with van der Waals surface area (Å²) in [5, 5.41) is 7.33. The predicted molar refractivity (Wildman–Crippen MR) is 68.2 cm³/mol. The van der Waals surface area contributed by atoms with Crippen LogP contribution in [0.2, 0.25) is 0 Å². The first kappa shape index (κ1) is 11.6. The highest BCUT2D eigenvalue weighted by atomic mass is 16.1. The average Bonchev–Trinajstić information content (AvgIpc) is 2.85. The van der Waals surface area contributed by atoms with Gasteiger partial charge >= 0.3 is 0 Å². The molecule has 1 aliphatic rings. The lowest BCUT2D eigenvalue weighted by Crippen LogP contribution is -2.47. The largest absolute Gasteiger partial charge is 0.369 e. The summed E-state index contributed by atoms with van der Waals surface area (Å²) in [6.07, 6.45) is 4.88. The lowest BCUT2D eigenvalue weighted by Gasteiger charge is -2.35. The van der Waals surface area contributed by atoms with Gasteiger partial charge in [0.1, 0.15) is 6.33 Å². The zero-order chi connectivity index (χ0) is 13.4. The van der Waals surface area contributed by atoms with E-state index in [0.717, 1.165) is 5.56 Å². The molecule has 1 aliphatic heterocycles. The Morgan fingerprint density at radius 1 is 1.53 bits per heavy atom. The van der Waals surface area contributed by atoms with Crippen LogP contribution < -0.4 is 11.1 Å². The molecule has 3 N–H and O–H groups in total. The minimum absolute atomic E-state index is 0.112. The van der Waals surface area contributed by atoms with Crippen molar-refractivity contribution in [3.8, 4) is 0 Å². The van der Waals surface area contributed by atoms with Crippen molar-refractivity contribution in [2.45, 2.75) is 19.0 Å². The van der Waals surface area contributed by atoms with Gasteiger partial charge in [0, 0.05) is 18.4 Å². The second kappa shape index (κ2) is 4.34. The number of fused-ring (bicyclic) bond motifs is 1. The second-order valence-corrected chi connectivity index (χ2v) is 4.62. The first-order valence-corrected chi connectivity index (χ1v) is 6.04. The fourth-order valence-electron chi connectivity index (χ4n) is 2.58. The van der Waals surface area contributed by atoms with Gasteiger partial charge in [-0.05, 0) is 18.6 Å². The van der Waals surface area contributed by atoms with Gasteiger partial charge in [0.25, 0.3) is 0 Å². The van der Waals surface area contributed by atoms with Gasteiger partial charge in [-0.15, -0.1) is 0 Å². The number of rotatable bonds is 2. The summed E-state index contributed by atoms with van der Waals surface area (Å²) >= 11 is 0. The van der Waals surface area contributed by atoms with Crippen molar-refractivity contribution in [2.75, 3.05) is 5.32 Å². The van der Waals surface area contributed by atoms with Crippen LogP contribution in [0.5, 0.6) is 0 Å². The summed E-state index contributed by atoms with van der Waals surface area (Å²) in [6.45, 7) is 1.91. The molecule has 0 spiro atoms. The fourth-order valence-corrected chi connectivity index (χ4v) is 2.58. The average molecular weight is 258 g/mol. The Hall–Kier alpha value is -2.44. The summed E-state index contributed by atoms with van der Waals surface area (Å²) in [5.41, 5.74) is 6.45. The van der Waals surface area contributed by atoms with E-state index in [1.54, 1.807) is 17.1 Å². The maximum absolute atomic E-state index is 11.8. The number of nitrogens with one attached hydrogen (secondary N) is 1. The van der Waals surface area contributed by atoms with E-state index < -0.39 is 5.92 Å². The number of amides is 1. The van der Waals surface area contributed by atoms with Crippen LogP contribution in [0.1, 0.15) is 18.5 Å². The van der Waals surface area contributed by atoms with E-state index in [0.29, 0.717) is 5.95 Å². The Labute approximate surface area is 109 Å². The number of primary amides is 1. The first-order chi connectivity index (χ1) is 9.18. The Morgan fingerprint density at radius 2 is 2.37 bits per heavy atom. The zero-order valence-corrected chi connectivity index (χ0v) is 10.4. The third-order valence-corrected chi connectivity index (χ3v) is 3.43. The van der Waals surface area contributed by atoms with Crippen LogP contribution in [-0.4, -0.2) is 31.7 Å². The van der Waals surface area contributed by atoms with E-state index in [-0.39, 0.29) is 18.0 Å². The highest BCUT2D eigenvalue weighted by Gasteiger charge is 2.40. The third kappa shape index (κ3) is 1.83. The number of hydrogen-bond acceptors (Lipinski definition) is 5. The standard InChI is InChI=1S/C12H14N6O/c1-7-9(11(13)19)10(8-3-2-4-14-5-8)18-12(17-7)15-6-16-18/h2-7,9-10H,1H3,(H2,13,19)(H,15,16,17)/t7-,9-,10+/m1/s1. The second-order valence-electron chi connectivity index (χ2n) is 4.62. The Balaban J connectivity index is 2.14. The number of anilines is 1. The number of nitrogens with zero attached hydrogens (tertiary/aromatic N) is 4. The highest BCUT2D eigenvalue weighted by molar-refractivity contribution is 5.79. The third-order valence-electron chi connectivity index (χ3n) is 3.43. The molecule has 0 aromatic carbocycles. The number of nitrogens with two attached hydrogens (primary N) is 1. The quantitative estimate of drug-likeness (QED) is 0.800. The van der Waals surface area contributed by atoms with Crippen LogP contribution in [-0.2, 0) is 4.79 Å². The maximum Gasteiger partial charge on any atom is 0.225 e. The van der Waals surface area contributed by atoms with Gasteiger partial charge in [-0.25, -0.2) is 4.68 Å². The van der Waals surface area contributed by atoms with Gasteiger partial charge < -0.3 is 11.1 Å². The Bertz CT molecular complexity index is 595. The van der Waals surface area contributed by atoms with Crippen LogP contribution >= 0.6 is 0 Å². The van der Waals surface area contributed by atoms with Crippen LogP contribution in [0.15, 0.2) is 30.9 Å². The maximum atomic E-state index is 11.8. The molecule has 3 heterocycles. The van der Waals surface area contributed by atoms with E-state index in [1.807, 2.05) is 19.1 Å². The van der Waals surface area contributed by atoms with E-state index in [2.05, 4.69) is 20.4 Å². The summed E-state index contributed by atoms with van der Waals surface area (Å²) < 4.78 is 1.69. The molecule has 2 aromatic heterocycles. The molecule has 0 radical (unpaired) electrons. The van der Waals surface area contributed by atoms with Crippen LogP contribution in [0.4, 0.5) is 5.95 Å². The van der Waals surface area contributed by atoms with Gasteiger partial charge in [0.2, 0.25) is 11.9 Å². The number of pyridine rings is 1. The number of hydrogen-bond donors (Lipinski definition) is 2. The van der Waals surface area contributed by atoms with Crippen LogP contribution in [0.25, 0.3) is 0 Å².